The lowest BCUT2D eigenvalue weighted by Crippen LogP contribution is -2.33. The van der Waals surface area contributed by atoms with Crippen LogP contribution in [-0.4, -0.2) is 35.2 Å². The minimum absolute atomic E-state index is 0.291. The maximum Gasteiger partial charge on any atom is 0.193 e. The Morgan fingerprint density at radius 2 is 2.12 bits per heavy atom. The molecular weight excluding hydrogens is 234 g/mol. The Hall–Kier alpha value is -1.20. The number of benzene rings is 1. The summed E-state index contributed by atoms with van der Waals surface area (Å²) in [6, 6.07) is 9.58. The van der Waals surface area contributed by atoms with Gasteiger partial charge in [-0.3, -0.25) is 4.99 Å². The number of nitrogens with two attached hydrogens (primary N) is 1. The Bertz CT molecular complexity index is 365. The fourth-order valence-electron chi connectivity index (χ4n) is 1.32. The zero-order valence-corrected chi connectivity index (χ0v) is 11.0. The van der Waals surface area contributed by atoms with Crippen LogP contribution in [0.5, 0.6) is 0 Å². The maximum absolute atomic E-state index is 9.92. The van der Waals surface area contributed by atoms with Crippen molar-refractivity contribution in [1.82, 2.24) is 0 Å². The summed E-state index contributed by atoms with van der Waals surface area (Å²) in [5.74, 6) is 0.951. The fourth-order valence-corrected chi connectivity index (χ4v) is 2.03. The van der Waals surface area contributed by atoms with E-state index in [9.17, 15) is 5.11 Å². The molecule has 1 atom stereocenters. The van der Waals surface area contributed by atoms with E-state index >= 15 is 0 Å². The van der Waals surface area contributed by atoms with Gasteiger partial charge in [-0.2, -0.15) is 11.8 Å². The molecule has 0 aliphatic rings. The van der Waals surface area contributed by atoms with Crippen LogP contribution >= 0.6 is 11.8 Å². The molecule has 4 N–H and O–H groups in total. The molecule has 5 heteroatoms. The van der Waals surface area contributed by atoms with Gasteiger partial charge in [-0.15, -0.1) is 0 Å². The first-order valence-corrected chi connectivity index (χ1v) is 6.76. The largest absolute Gasteiger partial charge is 0.387 e. The number of guanidine groups is 1. The van der Waals surface area contributed by atoms with Crippen molar-refractivity contribution >= 4 is 23.4 Å². The number of rotatable bonds is 5. The van der Waals surface area contributed by atoms with Gasteiger partial charge in [0.2, 0.25) is 0 Å². The number of para-hydroxylation sites is 1. The number of nitrogens with zero attached hydrogens (tertiary/aromatic N) is 1. The average molecular weight is 253 g/mol. The topological polar surface area (TPSA) is 70.6 Å². The highest BCUT2D eigenvalue weighted by Gasteiger charge is 2.18. The minimum Gasteiger partial charge on any atom is -0.387 e. The van der Waals surface area contributed by atoms with Gasteiger partial charge in [-0.25, -0.2) is 0 Å². The Balaban J connectivity index is 2.50. The lowest BCUT2D eigenvalue weighted by atomic mass is 10.1. The van der Waals surface area contributed by atoms with Crippen LogP contribution in [0.3, 0.4) is 0 Å². The van der Waals surface area contributed by atoms with Gasteiger partial charge in [0, 0.05) is 11.4 Å². The molecule has 0 spiro atoms. The number of aliphatic imine (C=N–C) groups is 1. The number of hydrogen-bond acceptors (Lipinski definition) is 3. The summed E-state index contributed by atoms with van der Waals surface area (Å²) < 4.78 is 0. The Morgan fingerprint density at radius 1 is 1.47 bits per heavy atom. The summed E-state index contributed by atoms with van der Waals surface area (Å²) in [5.41, 5.74) is 5.80. The van der Waals surface area contributed by atoms with Crippen molar-refractivity contribution < 1.29 is 5.11 Å². The predicted octanol–water partition coefficient (Wildman–Crippen LogP) is 1.53. The normalized spacial score (nSPS) is 15.4. The van der Waals surface area contributed by atoms with E-state index in [4.69, 9.17) is 5.73 Å². The molecule has 0 saturated heterocycles. The molecule has 0 aliphatic heterocycles. The lowest BCUT2D eigenvalue weighted by molar-refractivity contribution is 0.0956. The first-order chi connectivity index (χ1) is 8.03. The van der Waals surface area contributed by atoms with Crippen molar-refractivity contribution in [3.63, 3.8) is 0 Å². The third kappa shape index (κ3) is 5.60. The van der Waals surface area contributed by atoms with Gasteiger partial charge in [0.15, 0.2) is 5.96 Å². The first kappa shape index (κ1) is 13.9. The van der Waals surface area contributed by atoms with Crippen molar-refractivity contribution in [3.8, 4) is 0 Å². The van der Waals surface area contributed by atoms with Crippen LogP contribution in [0, 0.1) is 0 Å². The molecule has 0 radical (unpaired) electrons. The van der Waals surface area contributed by atoms with Crippen molar-refractivity contribution in [1.29, 1.82) is 0 Å². The second-order valence-electron chi connectivity index (χ2n) is 4.12. The second kappa shape index (κ2) is 6.51. The molecule has 94 valence electrons. The van der Waals surface area contributed by atoms with E-state index in [1.807, 2.05) is 36.6 Å². The second-order valence-corrected chi connectivity index (χ2v) is 4.99. The van der Waals surface area contributed by atoms with Gasteiger partial charge in [0.1, 0.15) is 0 Å². The Labute approximate surface area is 106 Å². The van der Waals surface area contributed by atoms with E-state index in [0.717, 1.165) is 5.69 Å². The van der Waals surface area contributed by atoms with E-state index < -0.39 is 5.60 Å². The van der Waals surface area contributed by atoms with Crippen LogP contribution in [0.4, 0.5) is 5.69 Å². The van der Waals surface area contributed by atoms with Gasteiger partial charge in [0.25, 0.3) is 0 Å². The van der Waals surface area contributed by atoms with Crippen LogP contribution in [0.25, 0.3) is 0 Å². The van der Waals surface area contributed by atoms with Crippen molar-refractivity contribution in [2.45, 2.75) is 12.5 Å². The molecule has 0 saturated carbocycles. The minimum atomic E-state index is -0.817. The molecule has 4 nitrogen and oxygen atoms in total. The quantitative estimate of drug-likeness (QED) is 0.550. The van der Waals surface area contributed by atoms with E-state index in [-0.39, 0.29) is 0 Å². The van der Waals surface area contributed by atoms with E-state index in [0.29, 0.717) is 18.3 Å². The van der Waals surface area contributed by atoms with Gasteiger partial charge in [-0.1, -0.05) is 18.2 Å². The van der Waals surface area contributed by atoms with E-state index in [1.54, 1.807) is 18.7 Å². The predicted molar refractivity (Wildman–Crippen MR) is 75.6 cm³/mol. The summed E-state index contributed by atoms with van der Waals surface area (Å²) in [7, 11) is 0. The van der Waals surface area contributed by atoms with Crippen LogP contribution in [0.1, 0.15) is 6.92 Å². The molecular formula is C12H19N3OS. The number of hydrogen-bond donors (Lipinski definition) is 3. The fraction of sp³-hybridized carbons (Fsp3) is 0.417. The van der Waals surface area contributed by atoms with Gasteiger partial charge in [0.05, 0.1) is 12.1 Å². The van der Waals surface area contributed by atoms with Gasteiger partial charge in [-0.05, 0) is 25.3 Å². The molecule has 0 aromatic heterocycles. The monoisotopic (exact) mass is 253 g/mol. The smallest absolute Gasteiger partial charge is 0.193 e. The molecule has 1 unspecified atom stereocenters. The van der Waals surface area contributed by atoms with Crippen molar-refractivity contribution in [2.75, 3.05) is 23.9 Å². The summed E-state index contributed by atoms with van der Waals surface area (Å²) in [6.45, 7) is 2.04. The molecule has 17 heavy (non-hydrogen) atoms. The van der Waals surface area contributed by atoms with Crippen molar-refractivity contribution in [3.05, 3.63) is 30.3 Å². The highest BCUT2D eigenvalue weighted by Crippen LogP contribution is 2.11. The number of nitrogens with one attached hydrogen (secondary N) is 1. The first-order valence-electron chi connectivity index (χ1n) is 5.37. The molecule has 1 aromatic carbocycles. The third-order valence-corrected chi connectivity index (χ3v) is 3.00. The highest BCUT2D eigenvalue weighted by atomic mass is 32.2. The Morgan fingerprint density at radius 3 is 2.71 bits per heavy atom. The van der Waals surface area contributed by atoms with E-state index in [2.05, 4.69) is 10.3 Å². The maximum atomic E-state index is 9.92. The summed E-state index contributed by atoms with van der Waals surface area (Å²) in [6.07, 6.45) is 1.95. The molecule has 0 fully saturated rings. The lowest BCUT2D eigenvalue weighted by Gasteiger charge is -2.19. The van der Waals surface area contributed by atoms with Crippen LogP contribution in [0.2, 0.25) is 0 Å². The summed E-state index contributed by atoms with van der Waals surface area (Å²) in [4.78, 5) is 4.13. The highest BCUT2D eigenvalue weighted by molar-refractivity contribution is 7.98. The average Bonchev–Trinajstić information content (AvgIpc) is 2.28. The van der Waals surface area contributed by atoms with Crippen LogP contribution in [-0.2, 0) is 0 Å². The number of thioether (sulfide) groups is 1. The SMILES string of the molecule is CSCC(C)(O)CN=C(N)Nc1ccccc1. The van der Waals surface area contributed by atoms with Crippen LogP contribution < -0.4 is 11.1 Å². The molecule has 0 amide bonds. The third-order valence-electron chi connectivity index (χ3n) is 2.09. The molecule has 0 bridgehead atoms. The van der Waals surface area contributed by atoms with Crippen LogP contribution in [0.15, 0.2) is 35.3 Å². The zero-order valence-electron chi connectivity index (χ0n) is 10.2. The standard InChI is InChI=1S/C12H19N3OS/c1-12(16,9-17-2)8-14-11(13)15-10-6-4-3-5-7-10/h3-7,16H,8-9H2,1-2H3,(H3,13,14,15). The number of aliphatic hydroxyl groups is 1. The summed E-state index contributed by atoms with van der Waals surface area (Å²) in [5, 5.41) is 12.9. The number of anilines is 1. The Kier molecular flexibility index (Phi) is 5.31. The molecule has 0 aliphatic carbocycles. The van der Waals surface area contributed by atoms with Gasteiger partial charge < -0.3 is 16.2 Å². The van der Waals surface area contributed by atoms with Gasteiger partial charge >= 0.3 is 0 Å². The summed E-state index contributed by atoms with van der Waals surface area (Å²) >= 11 is 1.58. The van der Waals surface area contributed by atoms with E-state index in [1.165, 1.54) is 0 Å². The molecule has 1 aromatic rings. The van der Waals surface area contributed by atoms with Crippen molar-refractivity contribution in [2.24, 2.45) is 10.7 Å². The molecule has 0 heterocycles. The molecule has 1 rings (SSSR count). The zero-order chi connectivity index (χ0) is 12.7.